The molecule has 224 valence electrons. The Balaban J connectivity index is 1.15. The largest absolute Gasteiger partial charge is 0.309 e. The summed E-state index contributed by atoms with van der Waals surface area (Å²) in [4.78, 5) is 5.04. The Morgan fingerprint density at radius 2 is 1.26 bits per heavy atom. The van der Waals surface area contributed by atoms with Crippen molar-refractivity contribution in [2.75, 3.05) is 0 Å². The quantitative estimate of drug-likeness (QED) is 0.169. The fourth-order valence-electron chi connectivity index (χ4n) is 6.97. The molecule has 0 fully saturated rings. The zero-order chi connectivity index (χ0) is 31.3. The molecule has 3 nitrogen and oxygen atoms in total. The van der Waals surface area contributed by atoms with Crippen molar-refractivity contribution >= 4 is 69.9 Å². The van der Waals surface area contributed by atoms with E-state index in [1.165, 1.54) is 53.2 Å². The lowest BCUT2D eigenvalue weighted by molar-refractivity contribution is 1.05. The molecule has 0 saturated carbocycles. The summed E-state index contributed by atoms with van der Waals surface area (Å²) in [7, 11) is 0. The highest BCUT2D eigenvalue weighted by molar-refractivity contribution is 7.26. The summed E-state index contributed by atoms with van der Waals surface area (Å²) in [6, 6.07) is 49.9. The maximum Gasteiger partial charge on any atom is 0.141 e. The maximum absolute atomic E-state index is 5.04. The molecule has 0 radical (unpaired) electrons. The Hall–Kier alpha value is -5.71. The molecule has 47 heavy (non-hydrogen) atoms. The van der Waals surface area contributed by atoms with E-state index in [1.807, 2.05) is 11.3 Å². The highest BCUT2D eigenvalue weighted by Gasteiger charge is 2.16. The van der Waals surface area contributed by atoms with Gasteiger partial charge in [0.2, 0.25) is 0 Å². The van der Waals surface area contributed by atoms with Crippen LogP contribution in [-0.2, 0) is 6.42 Å². The number of imidazole rings is 1. The van der Waals surface area contributed by atoms with Gasteiger partial charge in [0.05, 0.1) is 22.1 Å². The first kappa shape index (κ1) is 27.6. The van der Waals surface area contributed by atoms with E-state index in [4.69, 9.17) is 4.98 Å². The Bertz CT molecular complexity index is 2610. The summed E-state index contributed by atoms with van der Waals surface area (Å²) >= 11 is 1.89. The van der Waals surface area contributed by atoms with Crippen LogP contribution in [0.25, 0.3) is 70.0 Å². The first-order chi connectivity index (χ1) is 23.2. The minimum Gasteiger partial charge on any atom is -0.309 e. The molecule has 6 aromatic carbocycles. The number of thiophene rings is 1. The van der Waals surface area contributed by atoms with Crippen LogP contribution in [0.5, 0.6) is 0 Å². The number of benzene rings is 6. The van der Waals surface area contributed by atoms with E-state index in [9.17, 15) is 0 Å². The predicted molar refractivity (Wildman–Crippen MR) is 201 cm³/mol. The van der Waals surface area contributed by atoms with Crippen LogP contribution >= 0.6 is 11.3 Å². The van der Waals surface area contributed by atoms with E-state index in [-0.39, 0.29) is 0 Å². The first-order valence-electron chi connectivity index (χ1n) is 16.0. The molecular weight excluding hydrogens is 591 g/mol. The van der Waals surface area contributed by atoms with E-state index in [1.54, 1.807) is 0 Å². The summed E-state index contributed by atoms with van der Waals surface area (Å²) < 4.78 is 7.36. The van der Waals surface area contributed by atoms with Crippen molar-refractivity contribution in [2.24, 2.45) is 0 Å². The van der Waals surface area contributed by atoms with Crippen LogP contribution in [0.4, 0.5) is 0 Å². The normalized spacial score (nSPS) is 12.5. The molecule has 0 N–H and O–H groups in total. The Morgan fingerprint density at radius 3 is 2.02 bits per heavy atom. The lowest BCUT2D eigenvalue weighted by Gasteiger charge is -2.11. The molecule has 4 heteroatoms. The van der Waals surface area contributed by atoms with Crippen LogP contribution in [0.3, 0.4) is 0 Å². The van der Waals surface area contributed by atoms with E-state index in [2.05, 4.69) is 174 Å². The van der Waals surface area contributed by atoms with Crippen molar-refractivity contribution in [1.29, 1.82) is 0 Å². The average Bonchev–Trinajstić information content (AvgIpc) is 3.80. The van der Waals surface area contributed by atoms with E-state index >= 15 is 0 Å². The molecule has 0 spiro atoms. The molecule has 3 heterocycles. The summed E-state index contributed by atoms with van der Waals surface area (Å²) in [6.07, 6.45) is 7.50. The number of rotatable bonds is 6. The molecule has 0 saturated heterocycles. The fraction of sp³-hybridized carbons (Fsp3) is 0.0465. The van der Waals surface area contributed by atoms with Gasteiger partial charge in [0.1, 0.15) is 5.82 Å². The number of fused-ring (bicyclic) bond motifs is 7. The van der Waals surface area contributed by atoms with E-state index < -0.39 is 0 Å². The minimum atomic E-state index is 0.827. The van der Waals surface area contributed by atoms with Crippen LogP contribution in [0, 0.1) is 0 Å². The van der Waals surface area contributed by atoms with Crippen molar-refractivity contribution < 1.29 is 0 Å². The zero-order valence-corrected chi connectivity index (χ0v) is 26.8. The lowest BCUT2D eigenvalue weighted by Crippen LogP contribution is -1.99. The second-order valence-corrected chi connectivity index (χ2v) is 13.1. The summed E-state index contributed by atoms with van der Waals surface area (Å²) in [5, 5.41) is 5.19. The molecule has 0 aliphatic rings. The van der Waals surface area contributed by atoms with E-state index in [0.29, 0.717) is 0 Å². The van der Waals surface area contributed by atoms with Crippen LogP contribution in [0.2, 0.25) is 0 Å². The molecule has 9 rings (SSSR count). The molecule has 0 amide bonds. The van der Waals surface area contributed by atoms with Gasteiger partial charge in [-0.05, 0) is 79.1 Å². The predicted octanol–water partition coefficient (Wildman–Crippen LogP) is 11.7. The summed E-state index contributed by atoms with van der Waals surface area (Å²) in [6.45, 7) is 2.15. The SMILES string of the molecule is C/C(=C\C=C/Cc1cc(-n2c3ccccc3c3ccccc32)cc2c1sc1ccccc12)c1nc2ccccc2n1-c1ccccc1. The van der Waals surface area contributed by atoms with Crippen LogP contribution in [0.1, 0.15) is 18.3 Å². The molecule has 3 aromatic heterocycles. The summed E-state index contributed by atoms with van der Waals surface area (Å²) in [5.74, 6) is 0.960. The third kappa shape index (κ3) is 4.60. The van der Waals surface area contributed by atoms with Gasteiger partial charge in [-0.2, -0.15) is 0 Å². The molecule has 0 atom stereocenters. The number of hydrogen-bond donors (Lipinski definition) is 0. The number of nitrogens with zero attached hydrogens (tertiary/aromatic N) is 3. The Labute approximate surface area is 277 Å². The number of allylic oxidation sites excluding steroid dienone is 4. The number of para-hydroxylation sites is 5. The van der Waals surface area contributed by atoms with Gasteiger partial charge in [-0.25, -0.2) is 4.98 Å². The molecule has 9 aromatic rings. The monoisotopic (exact) mass is 621 g/mol. The van der Waals surface area contributed by atoms with E-state index in [0.717, 1.165) is 34.5 Å². The Morgan fingerprint density at radius 1 is 0.617 bits per heavy atom. The minimum absolute atomic E-state index is 0.827. The van der Waals surface area contributed by atoms with Crippen molar-refractivity contribution in [3.63, 3.8) is 0 Å². The van der Waals surface area contributed by atoms with Gasteiger partial charge >= 0.3 is 0 Å². The summed E-state index contributed by atoms with van der Waals surface area (Å²) in [5.41, 5.74) is 9.33. The van der Waals surface area contributed by atoms with Crippen molar-refractivity contribution in [1.82, 2.24) is 14.1 Å². The number of hydrogen-bond acceptors (Lipinski definition) is 2. The van der Waals surface area contributed by atoms with Gasteiger partial charge in [-0.3, -0.25) is 4.57 Å². The molecular formula is C43H31N3S. The molecule has 0 unspecified atom stereocenters. The molecule has 0 aliphatic heterocycles. The highest BCUT2D eigenvalue weighted by Crippen LogP contribution is 2.40. The van der Waals surface area contributed by atoms with Gasteiger partial charge < -0.3 is 4.57 Å². The smallest absolute Gasteiger partial charge is 0.141 e. The van der Waals surface area contributed by atoms with Crippen molar-refractivity contribution in [3.05, 3.63) is 169 Å². The van der Waals surface area contributed by atoms with Gasteiger partial charge in [-0.15, -0.1) is 11.3 Å². The number of aromatic nitrogens is 3. The van der Waals surface area contributed by atoms with Gasteiger partial charge in [0.15, 0.2) is 0 Å². The average molecular weight is 622 g/mol. The lowest BCUT2D eigenvalue weighted by atomic mass is 10.0. The van der Waals surface area contributed by atoms with Gasteiger partial charge in [0, 0.05) is 42.3 Å². The second kappa shape index (κ2) is 11.3. The highest BCUT2D eigenvalue weighted by atomic mass is 32.1. The Kier molecular flexibility index (Phi) is 6.61. The zero-order valence-electron chi connectivity index (χ0n) is 26.0. The van der Waals surface area contributed by atoms with Crippen LogP contribution in [-0.4, -0.2) is 14.1 Å². The van der Waals surface area contributed by atoms with Crippen LogP contribution < -0.4 is 0 Å². The van der Waals surface area contributed by atoms with Gasteiger partial charge in [-0.1, -0.05) is 103 Å². The molecule has 0 aliphatic carbocycles. The van der Waals surface area contributed by atoms with Crippen LogP contribution in [0.15, 0.2) is 158 Å². The second-order valence-electron chi connectivity index (χ2n) is 12.0. The topological polar surface area (TPSA) is 22.8 Å². The maximum atomic E-state index is 5.04. The van der Waals surface area contributed by atoms with Gasteiger partial charge in [0.25, 0.3) is 0 Å². The van der Waals surface area contributed by atoms with Crippen molar-refractivity contribution in [3.8, 4) is 11.4 Å². The third-order valence-electron chi connectivity index (χ3n) is 9.13. The molecule has 0 bridgehead atoms. The standard InChI is InChI=1S/C43H31N3S/c1-29(43-44-37-22-10-13-25-40(37)46(43)31-17-3-2-4-18-31)15-5-6-16-30-27-32(28-36-35-21-9-14-26-41(35)47-42(30)36)45-38-23-11-7-19-33(38)34-20-8-12-24-39(34)45/h2-15,17-28H,16H2,1H3/b6-5-,29-15+. The third-order valence-corrected chi connectivity index (χ3v) is 10.4. The first-order valence-corrected chi connectivity index (χ1v) is 16.9. The fourth-order valence-corrected chi connectivity index (χ4v) is 8.18. The van der Waals surface area contributed by atoms with Crippen molar-refractivity contribution in [2.45, 2.75) is 13.3 Å².